The Bertz CT molecular complexity index is 1180. The van der Waals surface area contributed by atoms with Gasteiger partial charge in [-0.05, 0) is 42.2 Å². The molecule has 2 aromatic carbocycles. The van der Waals surface area contributed by atoms with Gasteiger partial charge in [-0.1, -0.05) is 18.2 Å². The van der Waals surface area contributed by atoms with Gasteiger partial charge in [-0.25, -0.2) is 4.39 Å². The van der Waals surface area contributed by atoms with Gasteiger partial charge in [0.25, 0.3) is 5.91 Å². The van der Waals surface area contributed by atoms with E-state index in [1.807, 2.05) is 30.3 Å². The molecule has 0 bridgehead atoms. The standard InChI is InChI=1S/C25H28FN3O3/c1-15(30)29-11-7-8-16(14-29)18-12-19(17-9-5-6-10-22(17)32-4)20-13-21(25(31)28(2)3)27-24(20)23(18)26/h5-6,9-10,12-13,16,27H,7-8,11,14H2,1-4H3/t16-/m1/s1. The number of nitrogens with zero attached hydrogens (tertiary/aromatic N) is 2. The van der Waals surface area contributed by atoms with E-state index in [1.165, 1.54) is 4.90 Å². The number of methoxy groups -OCH3 is 1. The third-order valence-corrected chi connectivity index (χ3v) is 6.22. The Hall–Kier alpha value is -3.35. The van der Waals surface area contributed by atoms with E-state index < -0.39 is 0 Å². The van der Waals surface area contributed by atoms with E-state index in [4.69, 9.17) is 4.74 Å². The molecule has 1 N–H and O–H groups in total. The van der Waals surface area contributed by atoms with Crippen LogP contribution >= 0.6 is 0 Å². The topological polar surface area (TPSA) is 65.6 Å². The molecule has 0 aliphatic carbocycles. The summed E-state index contributed by atoms with van der Waals surface area (Å²) in [5, 5.41) is 0.625. The van der Waals surface area contributed by atoms with Crippen molar-refractivity contribution in [3.8, 4) is 16.9 Å². The van der Waals surface area contributed by atoms with E-state index in [-0.39, 0.29) is 23.5 Å². The number of hydrogen-bond acceptors (Lipinski definition) is 3. The number of amides is 2. The minimum absolute atomic E-state index is 0.000113. The fourth-order valence-electron chi connectivity index (χ4n) is 4.54. The summed E-state index contributed by atoms with van der Waals surface area (Å²) in [7, 11) is 4.93. The molecule has 2 amide bonds. The van der Waals surface area contributed by atoms with Gasteiger partial charge in [0.2, 0.25) is 5.91 Å². The number of para-hydroxylation sites is 1. The van der Waals surface area contributed by atoms with Gasteiger partial charge >= 0.3 is 0 Å². The van der Waals surface area contributed by atoms with Gasteiger partial charge in [0.1, 0.15) is 11.4 Å². The maximum absolute atomic E-state index is 15.8. The van der Waals surface area contributed by atoms with Crippen LogP contribution in [0.2, 0.25) is 0 Å². The predicted molar refractivity (Wildman–Crippen MR) is 122 cm³/mol. The molecule has 32 heavy (non-hydrogen) atoms. The molecule has 168 valence electrons. The third kappa shape index (κ3) is 3.83. The lowest BCUT2D eigenvalue weighted by atomic mass is 9.87. The number of carbonyl (C=O) groups is 2. The first kappa shape index (κ1) is 21.9. The van der Waals surface area contributed by atoms with Crippen molar-refractivity contribution in [2.24, 2.45) is 0 Å². The Morgan fingerprint density at radius 2 is 1.94 bits per heavy atom. The van der Waals surface area contributed by atoms with Crippen molar-refractivity contribution in [1.82, 2.24) is 14.8 Å². The van der Waals surface area contributed by atoms with Crippen molar-refractivity contribution in [1.29, 1.82) is 0 Å². The number of piperidine rings is 1. The van der Waals surface area contributed by atoms with Gasteiger partial charge in [0.15, 0.2) is 5.82 Å². The molecule has 0 spiro atoms. The number of aromatic nitrogens is 1. The van der Waals surface area contributed by atoms with E-state index in [9.17, 15) is 9.59 Å². The Kier molecular flexibility index (Phi) is 5.91. The molecule has 1 aromatic heterocycles. The lowest BCUT2D eigenvalue weighted by Crippen LogP contribution is -2.37. The molecule has 2 heterocycles. The van der Waals surface area contributed by atoms with Crippen LogP contribution in [0.4, 0.5) is 4.39 Å². The highest BCUT2D eigenvalue weighted by atomic mass is 19.1. The van der Waals surface area contributed by atoms with Crippen molar-refractivity contribution >= 4 is 22.7 Å². The molecule has 1 atom stereocenters. The number of benzene rings is 2. The smallest absolute Gasteiger partial charge is 0.269 e. The summed E-state index contributed by atoms with van der Waals surface area (Å²) in [5.74, 6) is -0.0517. The zero-order valence-electron chi connectivity index (χ0n) is 18.9. The lowest BCUT2D eigenvalue weighted by molar-refractivity contribution is -0.130. The van der Waals surface area contributed by atoms with Crippen molar-refractivity contribution in [3.05, 3.63) is 53.5 Å². The van der Waals surface area contributed by atoms with Crippen LogP contribution in [0.5, 0.6) is 5.75 Å². The van der Waals surface area contributed by atoms with Gasteiger partial charge < -0.3 is 19.5 Å². The highest BCUT2D eigenvalue weighted by Gasteiger charge is 2.28. The molecule has 6 nitrogen and oxygen atoms in total. The second-order valence-electron chi connectivity index (χ2n) is 8.50. The van der Waals surface area contributed by atoms with E-state index in [0.717, 1.165) is 24.0 Å². The Labute approximate surface area is 187 Å². The number of ether oxygens (including phenoxy) is 1. The van der Waals surface area contributed by atoms with Gasteiger partial charge in [0.05, 0.1) is 12.6 Å². The zero-order chi connectivity index (χ0) is 23.0. The van der Waals surface area contributed by atoms with E-state index in [1.54, 1.807) is 39.1 Å². The highest BCUT2D eigenvalue weighted by molar-refractivity contribution is 6.04. The zero-order valence-corrected chi connectivity index (χ0v) is 18.9. The number of fused-ring (bicyclic) bond motifs is 1. The number of rotatable bonds is 4. The summed E-state index contributed by atoms with van der Waals surface area (Å²) in [6.45, 7) is 2.72. The van der Waals surface area contributed by atoms with E-state index >= 15 is 4.39 Å². The number of halogens is 1. The first-order chi connectivity index (χ1) is 15.3. The number of nitrogens with one attached hydrogen (secondary N) is 1. The maximum Gasteiger partial charge on any atom is 0.269 e. The summed E-state index contributed by atoms with van der Waals surface area (Å²) >= 11 is 0. The largest absolute Gasteiger partial charge is 0.496 e. The monoisotopic (exact) mass is 437 g/mol. The van der Waals surface area contributed by atoms with Crippen LogP contribution in [0, 0.1) is 5.82 Å². The molecule has 0 unspecified atom stereocenters. The second kappa shape index (κ2) is 8.65. The summed E-state index contributed by atoms with van der Waals surface area (Å²) in [6.07, 6.45) is 1.61. The minimum Gasteiger partial charge on any atom is -0.496 e. The number of carbonyl (C=O) groups excluding carboxylic acids is 2. The summed E-state index contributed by atoms with van der Waals surface area (Å²) in [4.78, 5) is 30.8. The van der Waals surface area contributed by atoms with Gasteiger partial charge in [-0.15, -0.1) is 0 Å². The van der Waals surface area contributed by atoms with Crippen LogP contribution in [0.15, 0.2) is 36.4 Å². The van der Waals surface area contributed by atoms with Crippen molar-refractivity contribution in [2.75, 3.05) is 34.3 Å². The molecule has 4 rings (SSSR count). The van der Waals surface area contributed by atoms with Crippen LogP contribution in [-0.4, -0.2) is 60.9 Å². The second-order valence-corrected chi connectivity index (χ2v) is 8.50. The molecular weight excluding hydrogens is 409 g/mol. The van der Waals surface area contributed by atoms with Gasteiger partial charge in [-0.2, -0.15) is 0 Å². The fourth-order valence-corrected chi connectivity index (χ4v) is 4.54. The molecule has 1 saturated heterocycles. The molecule has 1 aliphatic rings. The highest BCUT2D eigenvalue weighted by Crippen LogP contribution is 2.41. The first-order valence-electron chi connectivity index (χ1n) is 10.8. The fraction of sp³-hybridized carbons (Fsp3) is 0.360. The molecular formula is C25H28FN3O3. The van der Waals surface area contributed by atoms with Gasteiger partial charge in [0, 0.05) is 51.0 Å². The molecule has 0 saturated carbocycles. The third-order valence-electron chi connectivity index (χ3n) is 6.22. The van der Waals surface area contributed by atoms with Crippen molar-refractivity contribution in [2.45, 2.75) is 25.7 Å². The Morgan fingerprint density at radius 3 is 2.62 bits per heavy atom. The molecule has 3 aromatic rings. The molecule has 0 radical (unpaired) electrons. The van der Waals surface area contributed by atoms with Crippen molar-refractivity contribution < 1.29 is 18.7 Å². The van der Waals surface area contributed by atoms with Crippen molar-refractivity contribution in [3.63, 3.8) is 0 Å². The van der Waals surface area contributed by atoms with Gasteiger partial charge in [-0.3, -0.25) is 9.59 Å². The lowest BCUT2D eigenvalue weighted by Gasteiger charge is -2.32. The minimum atomic E-state index is -0.369. The van der Waals surface area contributed by atoms with Crippen LogP contribution in [0.1, 0.15) is 41.7 Å². The predicted octanol–water partition coefficient (Wildman–Crippen LogP) is 4.41. The Balaban J connectivity index is 1.95. The maximum atomic E-state index is 15.8. The summed E-state index contributed by atoms with van der Waals surface area (Å²) in [5.41, 5.74) is 2.79. The van der Waals surface area contributed by atoms with Crippen LogP contribution in [-0.2, 0) is 4.79 Å². The van der Waals surface area contributed by atoms with Crippen LogP contribution in [0.3, 0.4) is 0 Å². The molecule has 7 heteroatoms. The Morgan fingerprint density at radius 1 is 1.19 bits per heavy atom. The number of H-pyrrole nitrogens is 1. The SMILES string of the molecule is COc1ccccc1-c1cc([C@@H]2CCCN(C(C)=O)C2)c(F)c2[nH]c(C(=O)N(C)C)cc12. The average Bonchev–Trinajstić information content (AvgIpc) is 3.25. The summed E-state index contributed by atoms with van der Waals surface area (Å²) in [6, 6.07) is 11.1. The van der Waals surface area contributed by atoms with E-state index in [2.05, 4.69) is 4.98 Å². The van der Waals surface area contributed by atoms with Crippen LogP contribution < -0.4 is 4.74 Å². The molecule has 1 fully saturated rings. The number of likely N-dealkylation sites (tertiary alicyclic amines) is 1. The number of hydrogen-bond donors (Lipinski definition) is 1. The normalized spacial score (nSPS) is 16.3. The summed E-state index contributed by atoms with van der Waals surface area (Å²) < 4.78 is 21.4. The first-order valence-corrected chi connectivity index (χ1v) is 10.8. The average molecular weight is 438 g/mol. The molecule has 1 aliphatic heterocycles. The quantitative estimate of drug-likeness (QED) is 0.658. The van der Waals surface area contributed by atoms with E-state index in [0.29, 0.717) is 41.0 Å². The number of aromatic amines is 1. The van der Waals surface area contributed by atoms with Crippen LogP contribution in [0.25, 0.3) is 22.0 Å².